The highest BCUT2D eigenvalue weighted by Gasteiger charge is 2.25. The first-order valence-electron chi connectivity index (χ1n) is 9.28. The fourth-order valence-electron chi connectivity index (χ4n) is 3.40. The molecule has 6 nitrogen and oxygen atoms in total. The molecular formula is C21H20ClN3O3S. The van der Waals surface area contributed by atoms with Crippen LogP contribution in [-0.4, -0.2) is 28.4 Å². The molecule has 3 heterocycles. The van der Waals surface area contributed by atoms with E-state index in [-0.39, 0.29) is 11.8 Å². The minimum Gasteiger partial charge on any atom is -0.361 e. The van der Waals surface area contributed by atoms with Gasteiger partial charge in [0.25, 0.3) is 11.8 Å². The third-order valence-corrected chi connectivity index (χ3v) is 6.56. The number of rotatable bonds is 4. The van der Waals surface area contributed by atoms with Crippen molar-refractivity contribution in [1.29, 1.82) is 0 Å². The highest BCUT2D eigenvalue weighted by Crippen LogP contribution is 2.29. The molecule has 2 aromatic heterocycles. The molecule has 0 atom stereocenters. The molecule has 29 heavy (non-hydrogen) atoms. The SMILES string of the molecule is Cc1noc(C)c1CNC(=O)c1cc2c(s1)CCN(C(=O)c1ccc(Cl)cc1)C2. The Kier molecular flexibility index (Phi) is 5.43. The van der Waals surface area contributed by atoms with Gasteiger partial charge in [0.2, 0.25) is 0 Å². The lowest BCUT2D eigenvalue weighted by atomic mass is 10.1. The lowest BCUT2D eigenvalue weighted by Crippen LogP contribution is -2.35. The van der Waals surface area contributed by atoms with Gasteiger partial charge in [0.1, 0.15) is 5.76 Å². The average Bonchev–Trinajstić information content (AvgIpc) is 3.29. The Morgan fingerprint density at radius 2 is 2.03 bits per heavy atom. The maximum atomic E-state index is 12.8. The summed E-state index contributed by atoms with van der Waals surface area (Å²) >= 11 is 7.40. The molecule has 1 aromatic carbocycles. The van der Waals surface area contributed by atoms with Crippen LogP contribution in [0.4, 0.5) is 0 Å². The number of nitrogens with one attached hydrogen (secondary N) is 1. The summed E-state index contributed by atoms with van der Waals surface area (Å²) in [5.74, 6) is 0.563. The lowest BCUT2D eigenvalue weighted by molar-refractivity contribution is 0.0736. The molecule has 0 unspecified atom stereocenters. The minimum absolute atomic E-state index is 0.0251. The number of carbonyl (C=O) groups excluding carboxylic acids is 2. The summed E-state index contributed by atoms with van der Waals surface area (Å²) < 4.78 is 5.13. The molecule has 4 rings (SSSR count). The number of carbonyl (C=O) groups is 2. The molecule has 8 heteroatoms. The average molecular weight is 430 g/mol. The van der Waals surface area contributed by atoms with E-state index in [1.165, 1.54) is 11.3 Å². The Hall–Kier alpha value is -2.64. The van der Waals surface area contributed by atoms with Crippen LogP contribution in [0.3, 0.4) is 0 Å². The minimum atomic E-state index is -0.125. The highest BCUT2D eigenvalue weighted by molar-refractivity contribution is 7.14. The molecule has 0 spiro atoms. The first-order chi connectivity index (χ1) is 13.9. The summed E-state index contributed by atoms with van der Waals surface area (Å²) in [6.07, 6.45) is 0.747. The van der Waals surface area contributed by atoms with E-state index in [0.29, 0.717) is 40.9 Å². The van der Waals surface area contributed by atoms with Crippen LogP contribution in [0.5, 0.6) is 0 Å². The van der Waals surface area contributed by atoms with Gasteiger partial charge in [-0.25, -0.2) is 0 Å². The summed E-state index contributed by atoms with van der Waals surface area (Å²) in [7, 11) is 0. The number of benzene rings is 1. The van der Waals surface area contributed by atoms with Crippen molar-refractivity contribution in [3.05, 3.63) is 73.3 Å². The lowest BCUT2D eigenvalue weighted by Gasteiger charge is -2.27. The second-order valence-electron chi connectivity index (χ2n) is 7.03. The van der Waals surface area contributed by atoms with Gasteiger partial charge in [-0.3, -0.25) is 9.59 Å². The van der Waals surface area contributed by atoms with Crippen LogP contribution >= 0.6 is 22.9 Å². The Morgan fingerprint density at radius 3 is 2.72 bits per heavy atom. The molecule has 150 valence electrons. The van der Waals surface area contributed by atoms with Crippen molar-refractivity contribution in [2.24, 2.45) is 0 Å². The Labute approximate surface area is 177 Å². The van der Waals surface area contributed by atoms with Crippen LogP contribution in [0.1, 0.15) is 47.5 Å². The first-order valence-corrected chi connectivity index (χ1v) is 10.5. The van der Waals surface area contributed by atoms with Gasteiger partial charge in [0.05, 0.1) is 10.6 Å². The molecule has 1 aliphatic heterocycles. The molecule has 2 amide bonds. The molecule has 0 aliphatic carbocycles. The van der Waals surface area contributed by atoms with Gasteiger partial charge in [-0.1, -0.05) is 16.8 Å². The van der Waals surface area contributed by atoms with Crippen molar-refractivity contribution in [2.75, 3.05) is 6.54 Å². The van der Waals surface area contributed by atoms with E-state index in [0.717, 1.165) is 28.1 Å². The van der Waals surface area contributed by atoms with Crippen molar-refractivity contribution in [2.45, 2.75) is 33.4 Å². The number of hydrogen-bond donors (Lipinski definition) is 1. The van der Waals surface area contributed by atoms with Crippen molar-refractivity contribution in [1.82, 2.24) is 15.4 Å². The number of nitrogens with zero attached hydrogens (tertiary/aromatic N) is 2. The zero-order valence-corrected chi connectivity index (χ0v) is 17.7. The third-order valence-electron chi connectivity index (χ3n) is 5.08. The maximum Gasteiger partial charge on any atom is 0.261 e. The van der Waals surface area contributed by atoms with E-state index in [2.05, 4.69) is 10.5 Å². The first kappa shape index (κ1) is 19.7. The van der Waals surface area contributed by atoms with Crippen molar-refractivity contribution in [3.63, 3.8) is 0 Å². The topological polar surface area (TPSA) is 75.4 Å². The fraction of sp³-hybridized carbons (Fsp3) is 0.286. The number of hydrogen-bond acceptors (Lipinski definition) is 5. The summed E-state index contributed by atoms with van der Waals surface area (Å²) in [6.45, 7) is 5.20. The molecule has 0 bridgehead atoms. The van der Waals surface area contributed by atoms with Crippen LogP contribution in [0.25, 0.3) is 0 Å². The van der Waals surface area contributed by atoms with Gasteiger partial charge in [0.15, 0.2) is 0 Å². The number of aryl methyl sites for hydroxylation is 2. The van der Waals surface area contributed by atoms with E-state index < -0.39 is 0 Å². The fourth-order valence-corrected chi connectivity index (χ4v) is 4.61. The summed E-state index contributed by atoms with van der Waals surface area (Å²) in [5.41, 5.74) is 3.33. The number of fused-ring (bicyclic) bond motifs is 1. The standard InChI is InChI=1S/C21H20ClN3O3S/c1-12-17(13(2)28-24-12)10-23-20(26)19-9-15-11-25(8-7-18(15)29-19)21(27)14-3-5-16(22)6-4-14/h3-6,9H,7-8,10-11H2,1-2H3,(H,23,26). The second-order valence-corrected chi connectivity index (χ2v) is 8.60. The van der Waals surface area contributed by atoms with Gasteiger partial charge < -0.3 is 14.7 Å². The maximum absolute atomic E-state index is 12.8. The predicted octanol–water partition coefficient (Wildman–Crippen LogP) is 4.13. The smallest absolute Gasteiger partial charge is 0.261 e. The van der Waals surface area contributed by atoms with Crippen LogP contribution in [-0.2, 0) is 19.5 Å². The zero-order valence-electron chi connectivity index (χ0n) is 16.1. The number of aromatic nitrogens is 1. The normalized spacial score (nSPS) is 13.3. The van der Waals surface area contributed by atoms with E-state index in [1.54, 1.807) is 24.3 Å². The quantitative estimate of drug-likeness (QED) is 0.676. The number of thiophene rings is 1. The zero-order chi connectivity index (χ0) is 20.5. The van der Waals surface area contributed by atoms with Gasteiger partial charge in [0, 0.05) is 40.7 Å². The molecule has 1 aliphatic rings. The summed E-state index contributed by atoms with van der Waals surface area (Å²) in [5, 5.41) is 7.45. The molecule has 0 saturated carbocycles. The largest absolute Gasteiger partial charge is 0.361 e. The number of amides is 2. The van der Waals surface area contributed by atoms with Crippen LogP contribution < -0.4 is 5.32 Å². The molecule has 0 fully saturated rings. The predicted molar refractivity (Wildman–Crippen MR) is 111 cm³/mol. The monoisotopic (exact) mass is 429 g/mol. The summed E-state index contributed by atoms with van der Waals surface area (Å²) in [6, 6.07) is 8.80. The van der Waals surface area contributed by atoms with Gasteiger partial charge in [-0.2, -0.15) is 0 Å². The van der Waals surface area contributed by atoms with Crippen molar-refractivity contribution in [3.8, 4) is 0 Å². The molecule has 3 aromatic rings. The van der Waals surface area contributed by atoms with Crippen molar-refractivity contribution >= 4 is 34.8 Å². The van der Waals surface area contributed by atoms with E-state index in [9.17, 15) is 9.59 Å². The molecule has 0 saturated heterocycles. The van der Waals surface area contributed by atoms with Crippen molar-refractivity contribution < 1.29 is 14.1 Å². The van der Waals surface area contributed by atoms with E-state index in [1.807, 2.05) is 24.8 Å². The van der Waals surface area contributed by atoms with E-state index in [4.69, 9.17) is 16.1 Å². The Bertz CT molecular complexity index is 1050. The van der Waals surface area contributed by atoms with Crippen LogP contribution in [0.2, 0.25) is 5.02 Å². The molecule has 1 N–H and O–H groups in total. The van der Waals surface area contributed by atoms with Gasteiger partial charge in [-0.05, 0) is 56.2 Å². The number of halogens is 1. The van der Waals surface area contributed by atoms with Gasteiger partial charge in [-0.15, -0.1) is 11.3 Å². The molecular weight excluding hydrogens is 410 g/mol. The van der Waals surface area contributed by atoms with Crippen LogP contribution in [0.15, 0.2) is 34.9 Å². The Balaban J connectivity index is 1.43. The van der Waals surface area contributed by atoms with E-state index >= 15 is 0 Å². The third kappa shape index (κ3) is 4.06. The Morgan fingerprint density at radius 1 is 1.28 bits per heavy atom. The second kappa shape index (κ2) is 8.00. The highest BCUT2D eigenvalue weighted by atomic mass is 35.5. The van der Waals surface area contributed by atoms with Gasteiger partial charge >= 0.3 is 0 Å². The summed E-state index contributed by atoms with van der Waals surface area (Å²) in [4.78, 5) is 29.0. The van der Waals surface area contributed by atoms with Crippen LogP contribution in [0, 0.1) is 13.8 Å². The molecule has 0 radical (unpaired) electrons.